The topological polar surface area (TPSA) is 273 Å². The summed E-state index contributed by atoms with van der Waals surface area (Å²) in [5, 5.41) is 43.0. The highest BCUT2D eigenvalue weighted by Gasteiger charge is 2.54. The number of carbonyl (C=O) groups is 2. The van der Waals surface area contributed by atoms with Gasteiger partial charge in [-0.3, -0.25) is 47.7 Å². The molecule has 0 bridgehead atoms. The molecule has 6 aromatic rings. The summed E-state index contributed by atoms with van der Waals surface area (Å²) in [7, 11) is -3.73. The van der Waals surface area contributed by atoms with E-state index in [9.17, 15) is 56.1 Å². The van der Waals surface area contributed by atoms with Gasteiger partial charge >= 0.3 is 15.2 Å². The molecule has 8 heterocycles. The monoisotopic (exact) mass is 1260 g/mol. The molecule has 0 radical (unpaired) electrons. The van der Waals surface area contributed by atoms with Crippen LogP contribution in [0.15, 0.2) is 58.4 Å². The fraction of sp³-hybridized carbons (Fsp3) is 0.472. The van der Waals surface area contributed by atoms with Gasteiger partial charge in [-0.05, 0) is 57.4 Å². The van der Waals surface area contributed by atoms with E-state index in [0.29, 0.717) is 42.5 Å². The Bertz CT molecular complexity index is 3690. The van der Waals surface area contributed by atoms with Crippen LogP contribution in [0.4, 0.5) is 17.6 Å². The van der Waals surface area contributed by atoms with Crippen molar-refractivity contribution in [3.05, 3.63) is 125 Å². The number of nitrogens with zero attached hydrogens (tertiary/aromatic N) is 10. The molecule has 2 saturated heterocycles. The molecule has 2 unspecified atom stereocenters. The molecule has 2 atom stereocenters. The van der Waals surface area contributed by atoms with Crippen molar-refractivity contribution in [2.75, 3.05) is 102 Å². The number of carbonyl (C=O) groups excluding carboxylic acids is 2. The zero-order valence-corrected chi connectivity index (χ0v) is 50.5. The third-order valence-electron chi connectivity index (χ3n) is 14.8. The van der Waals surface area contributed by atoms with E-state index in [1.807, 2.05) is 5.01 Å². The maximum absolute atomic E-state index is 14.2. The van der Waals surface area contributed by atoms with Crippen molar-refractivity contribution in [3.8, 4) is 32.6 Å². The first-order chi connectivity index (χ1) is 40.6. The lowest BCUT2D eigenvalue weighted by Crippen LogP contribution is -2.70. The van der Waals surface area contributed by atoms with E-state index < -0.39 is 84.0 Å². The minimum absolute atomic E-state index is 0.00202. The van der Waals surface area contributed by atoms with Crippen LogP contribution >= 0.6 is 37.9 Å². The Morgan fingerprint density at radius 3 is 1.38 bits per heavy atom. The second-order valence-electron chi connectivity index (χ2n) is 19.9. The first-order valence-corrected chi connectivity index (χ1v) is 32.2. The molecular weight excluding hydrogens is 1200 g/mol. The predicted octanol–water partition coefficient (Wildman–Crippen LogP) is 7.09. The van der Waals surface area contributed by atoms with E-state index in [-0.39, 0.29) is 122 Å². The third-order valence-corrected chi connectivity index (χ3v) is 21.0. The minimum atomic E-state index is -3.52. The van der Waals surface area contributed by atoms with E-state index in [4.69, 9.17) is 27.6 Å². The zero-order chi connectivity index (χ0) is 61.2. The highest BCUT2D eigenvalue weighted by molar-refractivity contribution is 7.54. The molecule has 4 aromatic heterocycles. The Hall–Kier alpha value is -6.46. The van der Waals surface area contributed by atoms with Crippen LogP contribution < -0.4 is 20.9 Å². The predicted molar refractivity (Wildman–Crippen MR) is 304 cm³/mol. The molecule has 4 aliphatic heterocycles. The molecule has 0 saturated carbocycles. The van der Waals surface area contributed by atoms with Crippen LogP contribution in [0.3, 0.4) is 0 Å². The maximum atomic E-state index is 14.2. The summed E-state index contributed by atoms with van der Waals surface area (Å²) in [6, 6.07) is 6.43. The SMILES string of the molecule is CCOP(=O)(CCCN1n2cc(-c3nnc(Cc4ccc(F)cc4F)s3)c(=O)c(O)c2C(=O)N(C)C12CCOC2)OCC.CCOP(=O)(CCN1n2cc(-c3nnc(Cc4ccc(F)cc4F)s3)c(=O)c(O)c2C(=O)N(C)C12CCOC2)OCC. The van der Waals surface area contributed by atoms with Gasteiger partial charge in [0.1, 0.15) is 33.3 Å². The van der Waals surface area contributed by atoms with Crippen molar-refractivity contribution >= 4 is 49.7 Å². The van der Waals surface area contributed by atoms with E-state index >= 15 is 0 Å². The summed E-state index contributed by atoms with van der Waals surface area (Å²) in [6.45, 7) is 8.93. The minimum Gasteiger partial charge on any atom is -0.502 e. The van der Waals surface area contributed by atoms with E-state index in [0.717, 1.165) is 46.9 Å². The smallest absolute Gasteiger partial charge is 0.332 e. The van der Waals surface area contributed by atoms with Crippen LogP contribution in [-0.2, 0) is 49.5 Å². The fourth-order valence-corrected chi connectivity index (χ4v) is 15.6. The molecular formula is C53H62F4N10O14P2S2. The standard InChI is InChI=1S/C27H32F2N5O7PS.C26H30F2N5O7PS/c1-4-40-42(38,41-5-2)12-6-10-34-27(9-11-39-16-27)32(3)26(37)22-24(36)23(35)19(15-33(22)34)25-31-30-21(43-25)13-17-7-8-18(28)14-20(17)29;1-4-39-41(37,40-5-2)11-9-33-26(8-10-38-15-26)31(3)25(36)21-23(35)22(34)18(14-32(21)33)24-30-29-20(42-24)12-16-6-7-17(27)13-19(16)28/h7-8,14-15,36H,4-6,9-13,16H2,1-3H3;6-7,13-14,35H,4-5,8-12,15H2,1-3H3. The average molecular weight is 1270 g/mol. The second kappa shape index (κ2) is 25.9. The molecule has 2 amide bonds. The summed E-state index contributed by atoms with van der Waals surface area (Å²) in [5.74, 6) is -5.60. The molecule has 24 nitrogen and oxygen atoms in total. The largest absolute Gasteiger partial charge is 0.502 e. The van der Waals surface area contributed by atoms with Crippen molar-refractivity contribution < 1.29 is 74.1 Å². The van der Waals surface area contributed by atoms with Crippen molar-refractivity contribution in [1.82, 2.24) is 39.5 Å². The molecule has 2 aromatic carbocycles. The number of fused-ring (bicyclic) bond motifs is 2. The Kier molecular flexibility index (Phi) is 19.2. The van der Waals surface area contributed by atoms with E-state index in [1.54, 1.807) is 46.8 Å². The van der Waals surface area contributed by atoms with Gasteiger partial charge in [0.05, 0.1) is 76.3 Å². The molecule has 4 aliphatic rings. The number of halogens is 4. The summed E-state index contributed by atoms with van der Waals surface area (Å²) in [5.41, 5.74) is -3.80. The van der Waals surface area contributed by atoms with Gasteiger partial charge in [0, 0.05) is 77.4 Å². The number of ether oxygens (including phenoxy) is 2. The van der Waals surface area contributed by atoms with Gasteiger partial charge in [0.15, 0.2) is 44.2 Å². The van der Waals surface area contributed by atoms with Gasteiger partial charge < -0.3 is 47.6 Å². The number of likely N-dealkylation sites (N-methyl/N-ethyl adjacent to an activating group) is 2. The van der Waals surface area contributed by atoms with Crippen LogP contribution in [0.1, 0.15) is 89.1 Å². The zero-order valence-electron chi connectivity index (χ0n) is 47.1. The highest BCUT2D eigenvalue weighted by Crippen LogP contribution is 2.50. The summed E-state index contributed by atoms with van der Waals surface area (Å²) in [4.78, 5) is 56.7. The Balaban J connectivity index is 0.000000204. The van der Waals surface area contributed by atoms with Crippen molar-refractivity contribution in [2.45, 2.75) is 71.1 Å². The van der Waals surface area contributed by atoms with Gasteiger partial charge in [-0.2, -0.15) is 0 Å². The van der Waals surface area contributed by atoms with Gasteiger partial charge in [0.2, 0.25) is 10.9 Å². The van der Waals surface area contributed by atoms with E-state index in [1.165, 1.54) is 43.7 Å². The van der Waals surface area contributed by atoms with E-state index in [2.05, 4.69) is 20.4 Å². The van der Waals surface area contributed by atoms with Gasteiger partial charge in [0.25, 0.3) is 11.8 Å². The molecule has 2 spiro atoms. The summed E-state index contributed by atoms with van der Waals surface area (Å²) in [6.07, 6.45) is 4.05. The lowest BCUT2D eigenvalue weighted by Gasteiger charge is -2.52. The molecule has 32 heteroatoms. The molecule has 10 rings (SSSR count). The van der Waals surface area contributed by atoms with Gasteiger partial charge in [-0.25, -0.2) is 17.6 Å². The number of aromatic hydroxyl groups is 2. The van der Waals surface area contributed by atoms with Gasteiger partial charge in [-0.15, -0.1) is 20.4 Å². The van der Waals surface area contributed by atoms with Crippen LogP contribution in [0.5, 0.6) is 11.5 Å². The third kappa shape index (κ3) is 12.4. The Labute approximate surface area is 492 Å². The quantitative estimate of drug-likeness (QED) is 0.0538. The molecule has 2 fully saturated rings. The number of hydrogen-bond donors (Lipinski definition) is 2. The lowest BCUT2D eigenvalue weighted by atomic mass is 10.0. The van der Waals surface area contributed by atoms with Crippen LogP contribution in [0.25, 0.3) is 21.1 Å². The summed E-state index contributed by atoms with van der Waals surface area (Å²) >= 11 is 2.00. The van der Waals surface area contributed by atoms with Crippen LogP contribution in [0.2, 0.25) is 0 Å². The average Bonchev–Trinajstić information content (AvgIpc) is 1.76. The second-order valence-corrected chi connectivity index (χ2v) is 26.4. The normalized spacial score (nSPS) is 18.7. The highest BCUT2D eigenvalue weighted by atomic mass is 32.1. The number of rotatable bonds is 21. The lowest BCUT2D eigenvalue weighted by molar-refractivity contribution is 0.0299. The molecule has 458 valence electrons. The molecule has 85 heavy (non-hydrogen) atoms. The number of benzene rings is 2. The van der Waals surface area contributed by atoms with Gasteiger partial charge in [-0.1, -0.05) is 34.8 Å². The fourth-order valence-electron chi connectivity index (χ4n) is 10.6. The number of aromatic nitrogens is 6. The maximum Gasteiger partial charge on any atom is 0.332 e. The first-order valence-electron chi connectivity index (χ1n) is 27.1. The molecule has 0 aliphatic carbocycles. The number of hydrogen-bond acceptors (Lipinski definition) is 22. The van der Waals surface area contributed by atoms with Crippen LogP contribution in [0, 0.1) is 23.3 Å². The summed E-state index contributed by atoms with van der Waals surface area (Å²) < 4.78 is 118. The number of amides is 2. The van der Waals surface area contributed by atoms with Crippen molar-refractivity contribution in [1.29, 1.82) is 0 Å². The number of pyridine rings is 2. The van der Waals surface area contributed by atoms with Crippen LogP contribution in [-0.4, -0.2) is 165 Å². The molecule has 2 N–H and O–H groups in total. The first kappa shape index (κ1) is 63.1. The van der Waals surface area contributed by atoms with Crippen molar-refractivity contribution in [3.63, 3.8) is 0 Å². The Morgan fingerprint density at radius 1 is 0.600 bits per heavy atom. The Morgan fingerprint density at radius 2 is 1.00 bits per heavy atom. The van der Waals surface area contributed by atoms with Crippen molar-refractivity contribution in [2.24, 2.45) is 0 Å².